The van der Waals surface area contributed by atoms with Crippen LogP contribution in [0.15, 0.2) is 30.6 Å². The molecule has 7 nitrogen and oxygen atoms in total. The molecule has 30 heavy (non-hydrogen) atoms. The first-order valence-corrected chi connectivity index (χ1v) is 9.52. The van der Waals surface area contributed by atoms with E-state index in [0.717, 1.165) is 5.69 Å². The average Bonchev–Trinajstić information content (AvgIpc) is 3.33. The van der Waals surface area contributed by atoms with Gasteiger partial charge in [0.1, 0.15) is 17.7 Å². The van der Waals surface area contributed by atoms with Gasteiger partial charge in [0.2, 0.25) is 5.91 Å². The molecule has 4 heterocycles. The van der Waals surface area contributed by atoms with Gasteiger partial charge in [-0.25, -0.2) is 18.7 Å². The summed E-state index contributed by atoms with van der Waals surface area (Å²) in [6, 6.07) is 6.34. The average molecular weight is 416 g/mol. The van der Waals surface area contributed by atoms with Gasteiger partial charge in [0, 0.05) is 49.9 Å². The molecule has 0 bridgehead atoms. The summed E-state index contributed by atoms with van der Waals surface area (Å²) in [5, 5.41) is 2.65. The molecule has 0 aliphatic carbocycles. The van der Waals surface area contributed by atoms with E-state index in [0.29, 0.717) is 41.3 Å². The Hall–Kier alpha value is -2.91. The summed E-state index contributed by atoms with van der Waals surface area (Å²) in [6.45, 7) is 4.01. The molecule has 9 heteroatoms. The number of fused-ring (bicyclic) bond motifs is 1. The molecule has 1 aliphatic heterocycles. The summed E-state index contributed by atoms with van der Waals surface area (Å²) in [5.41, 5.74) is 2.05. The van der Waals surface area contributed by atoms with Gasteiger partial charge in [-0.15, -0.1) is 0 Å². The van der Waals surface area contributed by atoms with E-state index in [9.17, 15) is 13.6 Å². The lowest BCUT2D eigenvalue weighted by Gasteiger charge is -2.26. The highest BCUT2D eigenvalue weighted by Crippen LogP contribution is 2.37. The highest BCUT2D eigenvalue weighted by Gasteiger charge is 2.39. The Morgan fingerprint density at radius 3 is 2.77 bits per heavy atom. The van der Waals surface area contributed by atoms with Crippen LogP contribution in [-0.2, 0) is 19.9 Å². The van der Waals surface area contributed by atoms with Crippen molar-refractivity contribution in [1.82, 2.24) is 14.4 Å². The summed E-state index contributed by atoms with van der Waals surface area (Å²) in [7, 11) is 1.54. The van der Waals surface area contributed by atoms with Crippen LogP contribution in [0.25, 0.3) is 16.8 Å². The number of carbonyl (C=O) groups excluding carboxylic acids is 1. The van der Waals surface area contributed by atoms with Crippen LogP contribution in [0.5, 0.6) is 0 Å². The molecule has 1 atom stereocenters. The molecule has 0 radical (unpaired) electrons. The normalized spacial score (nSPS) is 19.0. The van der Waals surface area contributed by atoms with Crippen molar-refractivity contribution < 1.29 is 23.0 Å². The predicted octanol–water partition coefficient (Wildman–Crippen LogP) is 3.86. The van der Waals surface area contributed by atoms with Crippen molar-refractivity contribution >= 4 is 17.2 Å². The second-order valence-electron chi connectivity index (χ2n) is 7.38. The predicted molar refractivity (Wildman–Crippen MR) is 107 cm³/mol. The number of aryl methyl sites for hydroxylation is 1. The number of anilines is 1. The fraction of sp³-hybridized carbons (Fsp3) is 0.381. The van der Waals surface area contributed by atoms with E-state index < -0.39 is 12.0 Å². The fourth-order valence-electron chi connectivity index (χ4n) is 3.78. The first kappa shape index (κ1) is 20.4. The zero-order chi connectivity index (χ0) is 21.5. The molecule has 0 spiro atoms. The summed E-state index contributed by atoms with van der Waals surface area (Å²) in [5.74, 6) is 0.122. The number of aromatic nitrogens is 3. The van der Waals surface area contributed by atoms with Gasteiger partial charge in [0.05, 0.1) is 23.5 Å². The van der Waals surface area contributed by atoms with Crippen molar-refractivity contribution in [2.24, 2.45) is 0 Å². The van der Waals surface area contributed by atoms with Crippen LogP contribution in [0, 0.1) is 6.92 Å². The zero-order valence-electron chi connectivity index (χ0n) is 16.9. The van der Waals surface area contributed by atoms with Gasteiger partial charge in [-0.2, -0.15) is 0 Å². The standard InChI is InChI=1S/C21H22F2N4O3/c1-12-6-15(17-9-19(25-13(2)28)24-11-27(12)17)16-7-14(20(22)23)8-18(26-16)21(29-3)4-5-30-10-21/h6-9,11,20H,4-5,10H2,1-3H3,(H,25,28)/t21-/m0/s1. The molecule has 1 N–H and O–H groups in total. The summed E-state index contributed by atoms with van der Waals surface area (Å²) < 4.78 is 40.4. The molecular formula is C21H22F2N4O3. The number of carbonyl (C=O) groups is 1. The number of hydrogen-bond acceptors (Lipinski definition) is 5. The number of nitrogens with zero attached hydrogens (tertiary/aromatic N) is 3. The number of hydrogen-bond donors (Lipinski definition) is 1. The first-order chi connectivity index (χ1) is 14.3. The van der Waals surface area contributed by atoms with E-state index in [-0.39, 0.29) is 18.1 Å². The van der Waals surface area contributed by atoms with Gasteiger partial charge in [-0.1, -0.05) is 0 Å². The second kappa shape index (κ2) is 7.73. The molecule has 4 rings (SSSR count). The van der Waals surface area contributed by atoms with Gasteiger partial charge in [-0.05, 0) is 25.1 Å². The van der Waals surface area contributed by atoms with E-state index in [2.05, 4.69) is 10.3 Å². The van der Waals surface area contributed by atoms with Gasteiger partial charge in [0.15, 0.2) is 0 Å². The van der Waals surface area contributed by atoms with E-state index in [1.54, 1.807) is 12.4 Å². The molecule has 1 saturated heterocycles. The Balaban J connectivity index is 1.91. The van der Waals surface area contributed by atoms with Crippen molar-refractivity contribution in [2.75, 3.05) is 25.6 Å². The monoisotopic (exact) mass is 416 g/mol. The number of methoxy groups -OCH3 is 1. The number of pyridine rings is 1. The van der Waals surface area contributed by atoms with Crippen molar-refractivity contribution in [3.8, 4) is 11.3 Å². The van der Waals surface area contributed by atoms with Crippen LogP contribution >= 0.6 is 0 Å². The van der Waals surface area contributed by atoms with E-state index in [1.165, 1.54) is 26.2 Å². The number of rotatable bonds is 5. The maximum atomic E-state index is 13.7. The van der Waals surface area contributed by atoms with E-state index in [4.69, 9.17) is 14.5 Å². The highest BCUT2D eigenvalue weighted by atomic mass is 19.3. The van der Waals surface area contributed by atoms with Crippen LogP contribution in [-0.4, -0.2) is 40.6 Å². The Kier molecular flexibility index (Phi) is 5.25. The van der Waals surface area contributed by atoms with Crippen molar-refractivity contribution in [1.29, 1.82) is 0 Å². The quantitative estimate of drug-likeness (QED) is 0.683. The third kappa shape index (κ3) is 3.54. The van der Waals surface area contributed by atoms with Gasteiger partial charge in [-0.3, -0.25) is 4.79 Å². The maximum Gasteiger partial charge on any atom is 0.263 e. The minimum atomic E-state index is -2.66. The van der Waals surface area contributed by atoms with Crippen LogP contribution < -0.4 is 5.32 Å². The lowest BCUT2D eigenvalue weighted by Crippen LogP contribution is -2.30. The SMILES string of the molecule is CO[C@@]1(c2cc(C(F)F)cc(-c3cc(C)n4cnc(NC(C)=O)cc34)n2)CCOC1. The number of amides is 1. The largest absolute Gasteiger partial charge is 0.378 e. The molecule has 3 aromatic rings. The first-order valence-electron chi connectivity index (χ1n) is 9.52. The van der Waals surface area contributed by atoms with Crippen molar-refractivity contribution in [3.05, 3.63) is 47.5 Å². The maximum absolute atomic E-state index is 13.7. The van der Waals surface area contributed by atoms with Gasteiger partial charge in [0.25, 0.3) is 6.43 Å². The summed E-state index contributed by atoms with van der Waals surface area (Å²) in [4.78, 5) is 20.3. The second-order valence-corrected chi connectivity index (χ2v) is 7.38. The van der Waals surface area contributed by atoms with E-state index in [1.807, 2.05) is 17.4 Å². The number of halogens is 2. The van der Waals surface area contributed by atoms with Crippen LogP contribution in [0.3, 0.4) is 0 Å². The Morgan fingerprint density at radius 2 is 2.13 bits per heavy atom. The van der Waals surface area contributed by atoms with Gasteiger partial charge >= 0.3 is 0 Å². The van der Waals surface area contributed by atoms with Crippen LogP contribution in [0.4, 0.5) is 14.6 Å². The molecule has 0 unspecified atom stereocenters. The summed E-state index contributed by atoms with van der Waals surface area (Å²) in [6.07, 6.45) is -0.540. The lowest BCUT2D eigenvalue weighted by atomic mass is 9.95. The Labute approximate surface area is 172 Å². The van der Waals surface area contributed by atoms with E-state index >= 15 is 0 Å². The van der Waals surface area contributed by atoms with Crippen molar-refractivity contribution in [3.63, 3.8) is 0 Å². The number of ether oxygens (including phenoxy) is 2. The van der Waals surface area contributed by atoms with Crippen LogP contribution in [0.2, 0.25) is 0 Å². The molecular weight excluding hydrogens is 394 g/mol. The fourth-order valence-corrected chi connectivity index (χ4v) is 3.78. The summed E-state index contributed by atoms with van der Waals surface area (Å²) >= 11 is 0. The number of nitrogens with one attached hydrogen (secondary N) is 1. The lowest BCUT2D eigenvalue weighted by molar-refractivity contribution is -0.114. The minimum absolute atomic E-state index is 0.133. The smallest absolute Gasteiger partial charge is 0.263 e. The third-order valence-corrected chi connectivity index (χ3v) is 5.38. The third-order valence-electron chi connectivity index (χ3n) is 5.38. The highest BCUT2D eigenvalue weighted by molar-refractivity contribution is 5.90. The molecule has 158 valence electrons. The molecule has 1 fully saturated rings. The molecule has 1 amide bonds. The number of alkyl halides is 2. The Bertz CT molecular complexity index is 1110. The minimum Gasteiger partial charge on any atom is -0.378 e. The molecule has 0 saturated carbocycles. The van der Waals surface area contributed by atoms with Gasteiger partial charge < -0.3 is 19.2 Å². The molecule has 3 aromatic heterocycles. The Morgan fingerprint density at radius 1 is 1.33 bits per heavy atom. The topological polar surface area (TPSA) is 77.8 Å². The molecule has 1 aliphatic rings. The molecule has 0 aromatic carbocycles. The van der Waals surface area contributed by atoms with Crippen LogP contribution in [0.1, 0.15) is 36.7 Å². The zero-order valence-corrected chi connectivity index (χ0v) is 16.9. The van der Waals surface area contributed by atoms with Crippen molar-refractivity contribution in [2.45, 2.75) is 32.3 Å².